The van der Waals surface area contributed by atoms with Crippen molar-refractivity contribution in [2.24, 2.45) is 7.05 Å². The molecule has 16 heavy (non-hydrogen) atoms. The van der Waals surface area contributed by atoms with Crippen LogP contribution in [0.3, 0.4) is 0 Å². The van der Waals surface area contributed by atoms with Crippen molar-refractivity contribution in [3.8, 4) is 11.4 Å². The Morgan fingerprint density at radius 2 is 2.12 bits per heavy atom. The fraction of sp³-hybridized carbons (Fsp3) is 0.455. The van der Waals surface area contributed by atoms with E-state index in [0.717, 1.165) is 36.0 Å². The zero-order valence-electron chi connectivity index (χ0n) is 9.94. The molecule has 0 fully saturated rings. The maximum absolute atomic E-state index is 6.11. The maximum Gasteiger partial charge on any atom is 0.133 e. The zero-order valence-corrected chi connectivity index (χ0v) is 9.94. The minimum Gasteiger partial charge on any atom is -0.383 e. The summed E-state index contributed by atoms with van der Waals surface area (Å²) in [6.07, 6.45) is 4.43. The zero-order chi connectivity index (χ0) is 11.7. The molecular formula is C11H17N5. The summed E-state index contributed by atoms with van der Waals surface area (Å²) in [6.45, 7) is 5.00. The minimum atomic E-state index is 0.725. The van der Waals surface area contributed by atoms with Crippen LogP contribution in [-0.4, -0.2) is 19.1 Å². The van der Waals surface area contributed by atoms with Gasteiger partial charge in [-0.15, -0.1) is 0 Å². The van der Waals surface area contributed by atoms with Gasteiger partial charge in [0.25, 0.3) is 0 Å². The van der Waals surface area contributed by atoms with Crippen LogP contribution in [0.5, 0.6) is 0 Å². The molecule has 86 valence electrons. The van der Waals surface area contributed by atoms with Crippen LogP contribution >= 0.6 is 0 Å². The summed E-state index contributed by atoms with van der Waals surface area (Å²) in [7, 11) is 1.94. The summed E-state index contributed by atoms with van der Waals surface area (Å²) < 4.78 is 3.97. The van der Waals surface area contributed by atoms with Gasteiger partial charge >= 0.3 is 0 Å². The number of nitrogen functional groups attached to an aromatic ring is 1. The molecule has 0 saturated heterocycles. The van der Waals surface area contributed by atoms with Crippen molar-refractivity contribution in [2.45, 2.75) is 26.8 Å². The highest BCUT2D eigenvalue weighted by Crippen LogP contribution is 2.25. The van der Waals surface area contributed by atoms with Crippen LogP contribution < -0.4 is 5.73 Å². The van der Waals surface area contributed by atoms with Crippen molar-refractivity contribution in [2.75, 3.05) is 5.73 Å². The van der Waals surface area contributed by atoms with Crippen molar-refractivity contribution in [3.05, 3.63) is 18.3 Å². The van der Waals surface area contributed by atoms with Gasteiger partial charge in [-0.1, -0.05) is 6.92 Å². The first-order chi connectivity index (χ1) is 7.69. The predicted octanol–water partition coefficient (Wildman–Crippen LogP) is 1.45. The number of nitrogens with zero attached hydrogens (tertiary/aromatic N) is 4. The summed E-state index contributed by atoms with van der Waals surface area (Å²) >= 11 is 0. The normalized spacial score (nSPS) is 10.9. The topological polar surface area (TPSA) is 61.7 Å². The molecule has 0 aliphatic carbocycles. The lowest BCUT2D eigenvalue weighted by Gasteiger charge is -2.04. The standard InChI is InChI=1S/C11H17N5/c1-4-9-14-10(11(12)16(9)5-2)8-6-13-7-15(8)3/h6-7H,4-5,12H2,1-3H3. The predicted molar refractivity (Wildman–Crippen MR) is 63.9 cm³/mol. The van der Waals surface area contributed by atoms with Gasteiger partial charge in [-0.05, 0) is 6.92 Å². The van der Waals surface area contributed by atoms with E-state index < -0.39 is 0 Å². The number of nitrogens with two attached hydrogens (primary N) is 1. The van der Waals surface area contributed by atoms with E-state index >= 15 is 0 Å². The van der Waals surface area contributed by atoms with Crippen molar-refractivity contribution in [1.82, 2.24) is 19.1 Å². The molecule has 0 aliphatic rings. The minimum absolute atomic E-state index is 0.725. The van der Waals surface area contributed by atoms with Crippen LogP contribution in [0, 0.1) is 0 Å². The third-order valence-corrected chi connectivity index (χ3v) is 2.78. The van der Waals surface area contributed by atoms with Crippen LogP contribution in [0.25, 0.3) is 11.4 Å². The third-order valence-electron chi connectivity index (χ3n) is 2.78. The van der Waals surface area contributed by atoms with E-state index in [4.69, 9.17) is 5.73 Å². The second-order valence-electron chi connectivity index (χ2n) is 3.75. The second kappa shape index (κ2) is 4.00. The lowest BCUT2D eigenvalue weighted by molar-refractivity contribution is 0.713. The molecule has 0 aromatic carbocycles. The first-order valence-corrected chi connectivity index (χ1v) is 5.50. The van der Waals surface area contributed by atoms with Crippen LogP contribution in [0.2, 0.25) is 0 Å². The second-order valence-corrected chi connectivity index (χ2v) is 3.75. The number of rotatable bonds is 3. The largest absolute Gasteiger partial charge is 0.383 e. The fourth-order valence-corrected chi connectivity index (χ4v) is 1.91. The number of anilines is 1. The Morgan fingerprint density at radius 3 is 2.56 bits per heavy atom. The van der Waals surface area contributed by atoms with Gasteiger partial charge in [-0.2, -0.15) is 0 Å². The number of hydrogen-bond acceptors (Lipinski definition) is 3. The summed E-state index contributed by atoms with van der Waals surface area (Å²) in [4.78, 5) is 8.67. The van der Waals surface area contributed by atoms with Crippen molar-refractivity contribution >= 4 is 5.82 Å². The summed E-state index contributed by atoms with van der Waals surface area (Å²) in [5.41, 5.74) is 7.90. The molecule has 0 saturated carbocycles. The highest BCUT2D eigenvalue weighted by Gasteiger charge is 2.15. The smallest absolute Gasteiger partial charge is 0.133 e. The van der Waals surface area contributed by atoms with E-state index in [1.807, 2.05) is 16.2 Å². The molecule has 0 bridgehead atoms. The molecule has 0 spiro atoms. The SMILES string of the molecule is CCc1nc(-c2cncn2C)c(N)n1CC. The Morgan fingerprint density at radius 1 is 1.38 bits per heavy atom. The van der Waals surface area contributed by atoms with E-state index in [-0.39, 0.29) is 0 Å². The van der Waals surface area contributed by atoms with Crippen LogP contribution in [0.15, 0.2) is 12.5 Å². The molecule has 0 radical (unpaired) electrons. The van der Waals surface area contributed by atoms with E-state index in [0.29, 0.717) is 0 Å². The van der Waals surface area contributed by atoms with Gasteiger partial charge in [0.05, 0.1) is 18.2 Å². The van der Waals surface area contributed by atoms with E-state index in [1.54, 1.807) is 12.5 Å². The van der Waals surface area contributed by atoms with Gasteiger partial charge in [-0.25, -0.2) is 9.97 Å². The Kier molecular flexibility index (Phi) is 2.68. The Bertz CT molecular complexity index is 494. The first kappa shape index (κ1) is 10.7. The van der Waals surface area contributed by atoms with Crippen LogP contribution in [0.4, 0.5) is 5.82 Å². The molecule has 2 N–H and O–H groups in total. The van der Waals surface area contributed by atoms with Crippen molar-refractivity contribution in [1.29, 1.82) is 0 Å². The lowest BCUT2D eigenvalue weighted by atomic mass is 10.3. The number of hydrogen-bond donors (Lipinski definition) is 1. The fourth-order valence-electron chi connectivity index (χ4n) is 1.91. The molecule has 2 aromatic heterocycles. The highest BCUT2D eigenvalue weighted by molar-refractivity contribution is 5.67. The molecule has 2 heterocycles. The Labute approximate surface area is 94.9 Å². The van der Waals surface area contributed by atoms with Gasteiger partial charge in [-0.3, -0.25) is 0 Å². The van der Waals surface area contributed by atoms with E-state index in [9.17, 15) is 0 Å². The summed E-state index contributed by atoms with van der Waals surface area (Å²) in [6, 6.07) is 0. The Hall–Kier alpha value is -1.78. The molecule has 0 aliphatic heterocycles. The molecule has 5 nitrogen and oxygen atoms in total. The third kappa shape index (κ3) is 1.48. The molecular weight excluding hydrogens is 202 g/mol. The van der Waals surface area contributed by atoms with E-state index in [2.05, 4.69) is 23.8 Å². The maximum atomic E-state index is 6.11. The average molecular weight is 219 g/mol. The van der Waals surface area contributed by atoms with Crippen LogP contribution in [0.1, 0.15) is 19.7 Å². The summed E-state index contributed by atoms with van der Waals surface area (Å²) in [5, 5.41) is 0. The van der Waals surface area contributed by atoms with Crippen molar-refractivity contribution < 1.29 is 0 Å². The molecule has 0 unspecified atom stereocenters. The molecule has 2 aromatic rings. The molecule has 0 amide bonds. The van der Waals surface area contributed by atoms with Gasteiger partial charge < -0.3 is 14.9 Å². The molecule has 0 atom stereocenters. The van der Waals surface area contributed by atoms with E-state index in [1.165, 1.54) is 0 Å². The van der Waals surface area contributed by atoms with Gasteiger partial charge in [0.15, 0.2) is 0 Å². The lowest BCUT2D eigenvalue weighted by Crippen LogP contribution is -2.04. The number of aromatic nitrogens is 4. The Balaban J connectivity index is 2.58. The van der Waals surface area contributed by atoms with Gasteiger partial charge in [0.2, 0.25) is 0 Å². The van der Waals surface area contributed by atoms with Gasteiger partial charge in [0.1, 0.15) is 17.3 Å². The van der Waals surface area contributed by atoms with Gasteiger partial charge in [0, 0.05) is 20.0 Å². The molecule has 2 rings (SSSR count). The first-order valence-electron chi connectivity index (χ1n) is 5.50. The van der Waals surface area contributed by atoms with Crippen molar-refractivity contribution in [3.63, 3.8) is 0 Å². The number of aryl methyl sites for hydroxylation is 2. The monoisotopic (exact) mass is 219 g/mol. The quantitative estimate of drug-likeness (QED) is 0.849. The van der Waals surface area contributed by atoms with Crippen LogP contribution in [-0.2, 0) is 20.0 Å². The number of imidazole rings is 2. The highest BCUT2D eigenvalue weighted by atomic mass is 15.2. The molecule has 5 heteroatoms. The average Bonchev–Trinajstić information content (AvgIpc) is 2.82. The summed E-state index contributed by atoms with van der Waals surface area (Å²) in [5.74, 6) is 1.75.